The third-order valence-electron chi connectivity index (χ3n) is 3.82. The molecule has 5 nitrogen and oxygen atoms in total. The minimum atomic E-state index is -0.282. The first-order valence-corrected chi connectivity index (χ1v) is 8.43. The third kappa shape index (κ3) is 3.71. The smallest absolute Gasteiger partial charge is 0.279 e. The molecule has 0 unspecified atom stereocenters. The van der Waals surface area contributed by atoms with Gasteiger partial charge in [0.05, 0.1) is 11.4 Å². The number of amides is 2. The van der Waals surface area contributed by atoms with Crippen LogP contribution in [0.2, 0.25) is 0 Å². The van der Waals surface area contributed by atoms with Crippen LogP contribution in [0.25, 0.3) is 0 Å². The lowest BCUT2D eigenvalue weighted by Crippen LogP contribution is -2.47. The van der Waals surface area contributed by atoms with Crippen molar-refractivity contribution in [2.24, 2.45) is 0 Å². The van der Waals surface area contributed by atoms with E-state index in [-0.39, 0.29) is 18.4 Å². The predicted octanol–water partition coefficient (Wildman–Crippen LogP) is 2.27. The van der Waals surface area contributed by atoms with Crippen LogP contribution < -0.4 is 15.8 Å². The molecular formula is C17H19N3O2S. The van der Waals surface area contributed by atoms with E-state index in [2.05, 4.69) is 21.8 Å². The van der Waals surface area contributed by atoms with Gasteiger partial charge in [0, 0.05) is 17.1 Å². The zero-order valence-electron chi connectivity index (χ0n) is 13.0. The fraction of sp³-hybridized carbons (Fsp3) is 0.294. The van der Waals surface area contributed by atoms with Gasteiger partial charge in [0.25, 0.3) is 11.8 Å². The molecule has 1 aromatic carbocycles. The number of para-hydroxylation sites is 1. The normalized spacial score (nSPS) is 13.3. The Labute approximate surface area is 139 Å². The summed E-state index contributed by atoms with van der Waals surface area (Å²) in [5, 5.41) is 0. The van der Waals surface area contributed by atoms with Gasteiger partial charge in [0.15, 0.2) is 0 Å². The number of nitrogens with one attached hydrogen (secondary N) is 2. The summed E-state index contributed by atoms with van der Waals surface area (Å²) in [5.41, 5.74) is 7.34. The second-order valence-electron chi connectivity index (χ2n) is 5.57. The summed E-state index contributed by atoms with van der Waals surface area (Å²) in [6, 6.07) is 11.8. The van der Waals surface area contributed by atoms with Crippen LogP contribution in [0, 0.1) is 6.92 Å². The molecule has 2 heterocycles. The maximum Gasteiger partial charge on any atom is 0.279 e. The van der Waals surface area contributed by atoms with Gasteiger partial charge in [-0.2, -0.15) is 0 Å². The lowest BCUT2D eigenvalue weighted by Gasteiger charge is -2.30. The number of carbonyl (C=O) groups is 2. The van der Waals surface area contributed by atoms with E-state index in [4.69, 9.17) is 0 Å². The molecule has 6 heteroatoms. The number of benzene rings is 1. The number of thiophene rings is 1. The van der Waals surface area contributed by atoms with Gasteiger partial charge in [-0.05, 0) is 43.5 Å². The number of nitrogens with zero attached hydrogens (tertiary/aromatic N) is 1. The number of hydrogen-bond acceptors (Lipinski definition) is 4. The van der Waals surface area contributed by atoms with Crippen LogP contribution in [0.15, 0.2) is 36.4 Å². The predicted molar refractivity (Wildman–Crippen MR) is 91.6 cm³/mol. The van der Waals surface area contributed by atoms with Crippen molar-refractivity contribution < 1.29 is 9.59 Å². The zero-order valence-corrected chi connectivity index (χ0v) is 13.8. The zero-order chi connectivity index (χ0) is 16.2. The molecule has 1 aliphatic heterocycles. The Balaban J connectivity index is 1.55. The van der Waals surface area contributed by atoms with Crippen molar-refractivity contribution in [2.45, 2.75) is 19.8 Å². The van der Waals surface area contributed by atoms with Gasteiger partial charge in [-0.25, -0.2) is 0 Å². The number of aryl methyl sites for hydroxylation is 2. The molecule has 0 fully saturated rings. The highest BCUT2D eigenvalue weighted by Gasteiger charge is 2.19. The van der Waals surface area contributed by atoms with Crippen molar-refractivity contribution in [3.05, 3.63) is 51.7 Å². The Bertz CT molecular complexity index is 726. The molecular weight excluding hydrogens is 310 g/mol. The van der Waals surface area contributed by atoms with Crippen LogP contribution in [0.4, 0.5) is 5.69 Å². The van der Waals surface area contributed by atoms with Gasteiger partial charge in [-0.3, -0.25) is 20.4 Å². The summed E-state index contributed by atoms with van der Waals surface area (Å²) in [4.78, 5) is 27.7. The molecule has 23 heavy (non-hydrogen) atoms. The van der Waals surface area contributed by atoms with Crippen LogP contribution in [0.3, 0.4) is 0 Å². The van der Waals surface area contributed by atoms with Gasteiger partial charge in [0.1, 0.15) is 0 Å². The van der Waals surface area contributed by atoms with Crippen LogP contribution in [-0.2, 0) is 11.2 Å². The Morgan fingerprint density at radius 3 is 2.78 bits per heavy atom. The average Bonchev–Trinajstić information content (AvgIpc) is 2.99. The minimum Gasteiger partial charge on any atom is -0.362 e. The van der Waals surface area contributed by atoms with E-state index in [0.29, 0.717) is 4.88 Å². The summed E-state index contributed by atoms with van der Waals surface area (Å²) < 4.78 is 0. The number of carbonyl (C=O) groups excluding carboxylic acids is 2. The third-order valence-corrected chi connectivity index (χ3v) is 4.82. The van der Waals surface area contributed by atoms with Crippen molar-refractivity contribution in [1.29, 1.82) is 0 Å². The molecule has 0 saturated carbocycles. The molecule has 3 rings (SSSR count). The number of hydrogen-bond donors (Lipinski definition) is 2. The van der Waals surface area contributed by atoms with E-state index in [1.165, 1.54) is 16.9 Å². The Morgan fingerprint density at radius 2 is 2.00 bits per heavy atom. The molecule has 0 aliphatic carbocycles. The number of anilines is 1. The molecule has 1 aliphatic rings. The van der Waals surface area contributed by atoms with E-state index in [9.17, 15) is 9.59 Å². The summed E-state index contributed by atoms with van der Waals surface area (Å²) in [6.45, 7) is 3.02. The first-order valence-electron chi connectivity index (χ1n) is 7.62. The molecule has 0 radical (unpaired) electrons. The molecule has 0 spiro atoms. The largest absolute Gasteiger partial charge is 0.362 e. The maximum atomic E-state index is 12.1. The summed E-state index contributed by atoms with van der Waals surface area (Å²) in [7, 11) is 0. The lowest BCUT2D eigenvalue weighted by molar-refractivity contribution is -0.120. The average molecular weight is 329 g/mol. The van der Waals surface area contributed by atoms with Crippen LogP contribution >= 0.6 is 11.3 Å². The van der Waals surface area contributed by atoms with Crippen molar-refractivity contribution in [1.82, 2.24) is 10.9 Å². The fourth-order valence-electron chi connectivity index (χ4n) is 2.73. The van der Waals surface area contributed by atoms with E-state index < -0.39 is 0 Å². The monoisotopic (exact) mass is 329 g/mol. The number of rotatable bonds is 3. The van der Waals surface area contributed by atoms with Gasteiger partial charge in [0.2, 0.25) is 0 Å². The second kappa shape index (κ2) is 6.83. The van der Waals surface area contributed by atoms with Gasteiger partial charge in [-0.15, -0.1) is 11.3 Å². The molecule has 2 aromatic rings. The molecule has 0 saturated heterocycles. The van der Waals surface area contributed by atoms with E-state index in [1.54, 1.807) is 6.07 Å². The fourth-order valence-corrected chi connectivity index (χ4v) is 3.50. The van der Waals surface area contributed by atoms with Crippen molar-refractivity contribution in [2.75, 3.05) is 18.0 Å². The topological polar surface area (TPSA) is 61.4 Å². The Hall–Kier alpha value is -2.34. The highest BCUT2D eigenvalue weighted by molar-refractivity contribution is 7.13. The molecule has 1 aromatic heterocycles. The van der Waals surface area contributed by atoms with E-state index in [1.807, 2.05) is 31.2 Å². The summed E-state index contributed by atoms with van der Waals surface area (Å²) in [5.74, 6) is -0.501. The summed E-state index contributed by atoms with van der Waals surface area (Å²) >= 11 is 1.40. The Kier molecular flexibility index (Phi) is 4.62. The first kappa shape index (κ1) is 15.6. The van der Waals surface area contributed by atoms with Crippen molar-refractivity contribution in [3.8, 4) is 0 Å². The molecule has 0 atom stereocenters. The van der Waals surface area contributed by atoms with Crippen molar-refractivity contribution >= 4 is 28.8 Å². The maximum absolute atomic E-state index is 12.1. The quantitative estimate of drug-likeness (QED) is 0.849. The van der Waals surface area contributed by atoms with Crippen LogP contribution in [0.5, 0.6) is 0 Å². The first-order chi connectivity index (χ1) is 11.1. The Morgan fingerprint density at radius 1 is 1.17 bits per heavy atom. The highest BCUT2D eigenvalue weighted by atomic mass is 32.1. The summed E-state index contributed by atoms with van der Waals surface area (Å²) in [6.07, 6.45) is 2.08. The number of fused-ring (bicyclic) bond motifs is 1. The van der Waals surface area contributed by atoms with Crippen LogP contribution in [-0.4, -0.2) is 24.9 Å². The van der Waals surface area contributed by atoms with Gasteiger partial charge in [-0.1, -0.05) is 18.2 Å². The van der Waals surface area contributed by atoms with Crippen LogP contribution in [0.1, 0.15) is 26.5 Å². The molecule has 2 amide bonds. The highest BCUT2D eigenvalue weighted by Crippen LogP contribution is 2.26. The number of hydrazine groups is 1. The van der Waals surface area contributed by atoms with E-state index in [0.717, 1.165) is 30.0 Å². The minimum absolute atomic E-state index is 0.219. The molecule has 0 bridgehead atoms. The standard InChI is InChI=1S/C17H19N3O2S/c1-12-8-9-15(23-12)17(22)19-18-16(21)11-20-10-4-6-13-5-2-3-7-14(13)20/h2-3,5,7-9H,4,6,10-11H2,1H3,(H,18,21)(H,19,22). The SMILES string of the molecule is Cc1ccc(C(=O)NNC(=O)CN2CCCc3ccccc32)s1. The molecule has 120 valence electrons. The van der Waals surface area contributed by atoms with E-state index >= 15 is 0 Å². The lowest BCUT2D eigenvalue weighted by atomic mass is 10.0. The van der Waals surface area contributed by atoms with Gasteiger partial charge < -0.3 is 4.90 Å². The van der Waals surface area contributed by atoms with Gasteiger partial charge >= 0.3 is 0 Å². The van der Waals surface area contributed by atoms with Crippen molar-refractivity contribution in [3.63, 3.8) is 0 Å². The second-order valence-corrected chi connectivity index (χ2v) is 6.85. The molecule has 2 N–H and O–H groups in total.